The Morgan fingerprint density at radius 1 is 1.24 bits per heavy atom. The first-order valence-electron chi connectivity index (χ1n) is 10.6. The van der Waals surface area contributed by atoms with E-state index in [0.717, 1.165) is 15.0 Å². The number of benzene rings is 1. The number of rotatable bonds is 6. The van der Waals surface area contributed by atoms with Crippen LogP contribution in [-0.2, 0) is 19.1 Å². The van der Waals surface area contributed by atoms with Gasteiger partial charge in [0.25, 0.3) is 5.91 Å². The molecule has 2 fully saturated rings. The molecule has 2 aromatic rings. The van der Waals surface area contributed by atoms with Crippen molar-refractivity contribution in [2.24, 2.45) is 5.16 Å². The van der Waals surface area contributed by atoms with Gasteiger partial charge in [-0.2, -0.15) is 0 Å². The average molecular weight is 553 g/mol. The Kier molecular flexibility index (Phi) is 7.71. The fraction of sp³-hybridized carbons (Fsp3) is 0.409. The maximum Gasteiger partial charge on any atom is 0.414 e. The van der Waals surface area contributed by atoms with E-state index in [1.807, 2.05) is 30.0 Å². The molecule has 0 radical (unpaired) electrons. The smallest absolute Gasteiger partial charge is 0.399 e. The minimum absolute atomic E-state index is 0.0593. The zero-order valence-electron chi connectivity index (χ0n) is 18.8. The highest BCUT2D eigenvalue weighted by Crippen LogP contribution is 2.30. The van der Waals surface area contributed by atoms with Crippen LogP contribution in [0.15, 0.2) is 39.3 Å². The number of aryl methyl sites for hydroxylation is 1. The Bertz CT molecular complexity index is 1090. The molecule has 0 bridgehead atoms. The van der Waals surface area contributed by atoms with Crippen LogP contribution in [-0.4, -0.2) is 63.5 Å². The van der Waals surface area contributed by atoms with Crippen molar-refractivity contribution in [1.29, 1.82) is 0 Å². The summed E-state index contributed by atoms with van der Waals surface area (Å²) in [7, 11) is 1.50. The fourth-order valence-corrected chi connectivity index (χ4v) is 5.01. The largest absolute Gasteiger partial charge is 0.414 e. The minimum atomic E-state index is -1.22. The Labute approximate surface area is 209 Å². The van der Waals surface area contributed by atoms with Gasteiger partial charge in [-0.05, 0) is 58.7 Å². The highest BCUT2D eigenvalue weighted by molar-refractivity contribution is 9.11. The second-order valence-electron chi connectivity index (χ2n) is 7.81. The van der Waals surface area contributed by atoms with Crippen molar-refractivity contribution >= 4 is 56.5 Å². The Morgan fingerprint density at radius 2 is 2.09 bits per heavy atom. The molecular formula is C22H25BrN4O6S. The maximum absolute atomic E-state index is 13.2. The number of carbonyl (C=O) groups is 2. The van der Waals surface area contributed by atoms with Crippen molar-refractivity contribution in [3.05, 3.63) is 39.7 Å². The van der Waals surface area contributed by atoms with E-state index >= 15 is 0 Å². The number of ether oxygens (including phenoxy) is 3. The minimum Gasteiger partial charge on any atom is -0.399 e. The lowest BCUT2D eigenvalue weighted by Gasteiger charge is -2.31. The van der Waals surface area contributed by atoms with Gasteiger partial charge in [0.2, 0.25) is 0 Å². The number of oxime groups is 1. The van der Waals surface area contributed by atoms with Crippen molar-refractivity contribution in [3.63, 3.8) is 0 Å². The normalized spacial score (nSPS) is 21.4. The summed E-state index contributed by atoms with van der Waals surface area (Å²) in [6.07, 6.45) is -0.372. The lowest BCUT2D eigenvalue weighted by atomic mass is 9.97. The molecule has 2 aliphatic heterocycles. The van der Waals surface area contributed by atoms with Crippen molar-refractivity contribution in [2.45, 2.75) is 18.9 Å². The van der Waals surface area contributed by atoms with E-state index in [1.54, 1.807) is 12.1 Å². The number of hydrogen-bond donors (Lipinski definition) is 2. The molecule has 2 aliphatic rings. The molecule has 182 valence electrons. The number of thiophene rings is 1. The number of amidine groups is 1. The lowest BCUT2D eigenvalue weighted by Crippen LogP contribution is -2.58. The summed E-state index contributed by atoms with van der Waals surface area (Å²) in [5.74, 6) is 0.311. The van der Waals surface area contributed by atoms with Crippen LogP contribution in [0.5, 0.6) is 5.06 Å². The quantitative estimate of drug-likeness (QED) is 0.527. The number of morpholine rings is 1. The zero-order chi connectivity index (χ0) is 24.1. The first-order chi connectivity index (χ1) is 16.4. The first kappa shape index (κ1) is 24.5. The van der Waals surface area contributed by atoms with E-state index in [2.05, 4.69) is 31.7 Å². The van der Waals surface area contributed by atoms with Gasteiger partial charge in [-0.15, -0.1) is 0 Å². The van der Waals surface area contributed by atoms with Crippen LogP contribution >= 0.6 is 27.3 Å². The van der Waals surface area contributed by atoms with Gasteiger partial charge in [0, 0.05) is 30.9 Å². The molecule has 0 aliphatic carbocycles. The van der Waals surface area contributed by atoms with Crippen molar-refractivity contribution in [1.82, 2.24) is 5.32 Å². The number of halogens is 1. The summed E-state index contributed by atoms with van der Waals surface area (Å²) in [6, 6.07) is 9.05. The van der Waals surface area contributed by atoms with E-state index < -0.39 is 11.6 Å². The summed E-state index contributed by atoms with van der Waals surface area (Å²) in [4.78, 5) is 32.7. The Hall–Kier alpha value is -2.67. The van der Waals surface area contributed by atoms with Crippen LogP contribution in [0.25, 0.3) is 0 Å². The molecule has 0 saturated carbocycles. The van der Waals surface area contributed by atoms with Gasteiger partial charge >= 0.3 is 6.09 Å². The molecule has 0 spiro atoms. The molecule has 2 saturated heterocycles. The summed E-state index contributed by atoms with van der Waals surface area (Å²) < 4.78 is 17.1. The number of anilines is 2. The van der Waals surface area contributed by atoms with Crippen molar-refractivity contribution in [3.8, 4) is 5.06 Å². The fourth-order valence-electron chi connectivity index (χ4n) is 3.82. The molecule has 3 heterocycles. The third kappa shape index (κ3) is 5.52. The lowest BCUT2D eigenvalue weighted by molar-refractivity contribution is -0.122. The highest BCUT2D eigenvalue weighted by atomic mass is 79.9. The molecule has 2 amide bonds. The van der Waals surface area contributed by atoms with Crippen LogP contribution in [0.3, 0.4) is 0 Å². The van der Waals surface area contributed by atoms with Crippen LogP contribution in [0, 0.1) is 6.92 Å². The summed E-state index contributed by atoms with van der Waals surface area (Å²) in [5.41, 5.74) is 1.27. The van der Waals surface area contributed by atoms with Gasteiger partial charge in [-0.25, -0.2) is 4.79 Å². The number of carbonyl (C=O) groups excluding carboxylic acids is 2. The number of hydrogen-bond acceptors (Lipinski definition) is 8. The SMILES string of the molecule is CON=C1COCCN1c1ccc(NC(=O)C2(NC(=O)Oc3ccc(Br)s3)CCOC2)cc1C. The van der Waals surface area contributed by atoms with Crippen LogP contribution < -0.4 is 20.3 Å². The molecule has 4 rings (SSSR count). The maximum atomic E-state index is 13.2. The van der Waals surface area contributed by atoms with Crippen LogP contribution in [0.4, 0.5) is 16.2 Å². The highest BCUT2D eigenvalue weighted by Gasteiger charge is 2.44. The van der Waals surface area contributed by atoms with E-state index in [-0.39, 0.29) is 12.5 Å². The predicted octanol–water partition coefficient (Wildman–Crippen LogP) is 3.50. The molecular weight excluding hydrogens is 528 g/mol. The summed E-state index contributed by atoms with van der Waals surface area (Å²) >= 11 is 4.60. The summed E-state index contributed by atoms with van der Waals surface area (Å²) in [5, 5.41) is 10.1. The van der Waals surface area contributed by atoms with Gasteiger partial charge in [0.05, 0.1) is 17.0 Å². The third-order valence-corrected chi connectivity index (χ3v) is 6.99. The predicted molar refractivity (Wildman–Crippen MR) is 132 cm³/mol. The molecule has 12 heteroatoms. The number of nitrogens with zero attached hydrogens (tertiary/aromatic N) is 2. The Balaban J connectivity index is 1.46. The average Bonchev–Trinajstić information content (AvgIpc) is 3.44. The van der Waals surface area contributed by atoms with Gasteiger partial charge in [-0.3, -0.25) is 4.79 Å². The van der Waals surface area contributed by atoms with Crippen molar-refractivity contribution in [2.75, 3.05) is 50.3 Å². The van der Waals surface area contributed by atoms with Crippen LogP contribution in [0.2, 0.25) is 0 Å². The van der Waals surface area contributed by atoms with E-state index in [4.69, 9.17) is 19.0 Å². The molecule has 1 aromatic carbocycles. The molecule has 34 heavy (non-hydrogen) atoms. The third-order valence-electron chi connectivity index (χ3n) is 5.48. The number of nitrogens with one attached hydrogen (secondary N) is 2. The molecule has 10 nitrogen and oxygen atoms in total. The number of amides is 2. The van der Waals surface area contributed by atoms with Gasteiger partial charge < -0.3 is 34.6 Å². The standard InChI is InChI=1S/C22H25BrN4O6S/c1-14-11-15(3-4-16(14)27-8-10-31-12-18(27)26-30-2)24-20(28)22(7-9-32-13-22)25-21(29)33-19-6-5-17(23)34-19/h3-6,11H,7-10,12-13H2,1-2H3,(H,24,28)(H,25,29). The van der Waals surface area contributed by atoms with Gasteiger partial charge in [-0.1, -0.05) is 16.5 Å². The topological polar surface area (TPSA) is 111 Å². The molecule has 1 aromatic heterocycles. The monoisotopic (exact) mass is 552 g/mol. The van der Waals surface area contributed by atoms with Gasteiger partial charge in [0.15, 0.2) is 10.9 Å². The molecule has 1 unspecified atom stereocenters. The Morgan fingerprint density at radius 3 is 2.76 bits per heavy atom. The zero-order valence-corrected chi connectivity index (χ0v) is 21.2. The molecule has 2 N–H and O–H groups in total. The molecule has 1 atom stereocenters. The van der Waals surface area contributed by atoms with E-state index in [0.29, 0.717) is 49.4 Å². The first-order valence-corrected chi connectivity index (χ1v) is 12.2. The summed E-state index contributed by atoms with van der Waals surface area (Å²) in [6.45, 7) is 3.95. The second kappa shape index (κ2) is 10.7. The van der Waals surface area contributed by atoms with E-state index in [1.165, 1.54) is 18.4 Å². The second-order valence-corrected chi connectivity index (χ2v) is 10.2. The van der Waals surface area contributed by atoms with E-state index in [9.17, 15) is 9.59 Å². The van der Waals surface area contributed by atoms with Crippen molar-refractivity contribution < 1.29 is 28.6 Å². The van der Waals surface area contributed by atoms with Gasteiger partial charge in [0.1, 0.15) is 19.3 Å². The van der Waals surface area contributed by atoms with Crippen LogP contribution in [0.1, 0.15) is 12.0 Å².